The summed E-state index contributed by atoms with van der Waals surface area (Å²) in [6.07, 6.45) is 1.90. The lowest BCUT2D eigenvalue weighted by Crippen LogP contribution is -2.57. The van der Waals surface area contributed by atoms with Gasteiger partial charge in [0, 0.05) is 26.3 Å². The molecule has 1 N–H and O–H groups in total. The predicted molar refractivity (Wildman–Crippen MR) is 110 cm³/mol. The monoisotopic (exact) mass is 405 g/mol. The number of benzene rings is 1. The summed E-state index contributed by atoms with van der Waals surface area (Å²) in [5, 5.41) is 7.87. The molecule has 0 amide bonds. The summed E-state index contributed by atoms with van der Waals surface area (Å²) in [6, 6.07) is 9.61. The molecule has 2 heterocycles. The van der Waals surface area contributed by atoms with E-state index in [1.54, 1.807) is 32.7 Å². The highest BCUT2D eigenvalue weighted by molar-refractivity contribution is 7.92. The van der Waals surface area contributed by atoms with Crippen molar-refractivity contribution in [2.45, 2.75) is 25.1 Å². The molecule has 1 aromatic carbocycles. The van der Waals surface area contributed by atoms with Gasteiger partial charge in [0.15, 0.2) is 15.8 Å². The van der Waals surface area contributed by atoms with Crippen LogP contribution in [-0.4, -0.2) is 66.8 Å². The maximum atomic E-state index is 12.2. The summed E-state index contributed by atoms with van der Waals surface area (Å²) in [4.78, 5) is 6.30. The van der Waals surface area contributed by atoms with Crippen molar-refractivity contribution in [2.75, 3.05) is 33.0 Å². The van der Waals surface area contributed by atoms with E-state index in [2.05, 4.69) is 15.4 Å². The van der Waals surface area contributed by atoms with Crippen LogP contribution in [0.4, 0.5) is 0 Å². The molecule has 1 saturated heterocycles. The quantitative estimate of drug-likeness (QED) is 0.612. The smallest absolute Gasteiger partial charge is 0.194 e. The lowest BCUT2D eigenvalue weighted by molar-refractivity contribution is 0.353. The molecule has 0 atom stereocenters. The van der Waals surface area contributed by atoms with E-state index in [-0.39, 0.29) is 5.75 Å². The second-order valence-electron chi connectivity index (χ2n) is 7.35. The van der Waals surface area contributed by atoms with Crippen LogP contribution in [0.5, 0.6) is 5.75 Å². The average Bonchev–Trinajstić information content (AvgIpc) is 3.14. The van der Waals surface area contributed by atoms with E-state index in [1.807, 2.05) is 41.4 Å². The lowest BCUT2D eigenvalue weighted by atomic mass is 10.2. The van der Waals surface area contributed by atoms with E-state index < -0.39 is 14.6 Å². The average molecular weight is 406 g/mol. The Bertz CT molecular complexity index is 948. The Morgan fingerprint density at radius 2 is 2.00 bits per heavy atom. The van der Waals surface area contributed by atoms with E-state index >= 15 is 0 Å². The van der Waals surface area contributed by atoms with Crippen molar-refractivity contribution in [3.63, 3.8) is 0 Å². The van der Waals surface area contributed by atoms with Gasteiger partial charge in [-0.25, -0.2) is 13.1 Å². The Labute approximate surface area is 166 Å². The third-order valence-corrected chi connectivity index (χ3v) is 7.50. The number of guanidine groups is 1. The molecule has 1 aliphatic rings. The van der Waals surface area contributed by atoms with Gasteiger partial charge < -0.3 is 15.0 Å². The van der Waals surface area contributed by atoms with Crippen molar-refractivity contribution >= 4 is 15.8 Å². The fourth-order valence-electron chi connectivity index (χ4n) is 3.16. The van der Waals surface area contributed by atoms with E-state index in [9.17, 15) is 8.42 Å². The zero-order chi connectivity index (χ0) is 20.4. The third kappa shape index (κ3) is 4.14. The second kappa shape index (κ2) is 7.83. The zero-order valence-corrected chi connectivity index (χ0v) is 17.5. The van der Waals surface area contributed by atoms with Crippen LogP contribution >= 0.6 is 0 Å². The number of hydrogen-bond acceptors (Lipinski definition) is 5. The Morgan fingerprint density at radius 3 is 2.61 bits per heavy atom. The number of methoxy groups -OCH3 is 1. The van der Waals surface area contributed by atoms with Crippen LogP contribution in [0.2, 0.25) is 0 Å². The first-order chi connectivity index (χ1) is 13.3. The van der Waals surface area contributed by atoms with Crippen LogP contribution in [0.1, 0.15) is 19.5 Å². The van der Waals surface area contributed by atoms with E-state index in [0.717, 1.165) is 17.1 Å². The van der Waals surface area contributed by atoms with Gasteiger partial charge in [0.25, 0.3) is 0 Å². The first-order valence-corrected chi connectivity index (χ1v) is 10.8. The zero-order valence-electron chi connectivity index (χ0n) is 16.7. The normalized spacial score (nSPS) is 18.7. The molecule has 0 bridgehead atoms. The summed E-state index contributed by atoms with van der Waals surface area (Å²) in [7, 11) is 0.256. The molecule has 0 aliphatic carbocycles. The maximum absolute atomic E-state index is 12.2. The third-order valence-electron chi connectivity index (χ3n) is 4.96. The van der Waals surface area contributed by atoms with Gasteiger partial charge in [-0.3, -0.25) is 4.99 Å². The number of rotatable bonds is 4. The highest BCUT2D eigenvalue weighted by Gasteiger charge is 2.40. The molecule has 1 fully saturated rings. The first-order valence-electron chi connectivity index (χ1n) is 9.12. The van der Waals surface area contributed by atoms with Gasteiger partial charge in [-0.2, -0.15) is 5.10 Å². The molecule has 9 heteroatoms. The van der Waals surface area contributed by atoms with Crippen molar-refractivity contribution in [1.29, 1.82) is 0 Å². The second-order valence-corrected chi connectivity index (χ2v) is 10.1. The minimum absolute atomic E-state index is 0.132. The van der Waals surface area contributed by atoms with Crippen LogP contribution in [0.3, 0.4) is 0 Å². The predicted octanol–water partition coefficient (Wildman–Crippen LogP) is 1.47. The Balaban J connectivity index is 1.64. The van der Waals surface area contributed by atoms with Crippen LogP contribution in [0, 0.1) is 0 Å². The van der Waals surface area contributed by atoms with Crippen LogP contribution < -0.4 is 10.1 Å². The molecular formula is C19H27N5O3S. The van der Waals surface area contributed by atoms with Gasteiger partial charge in [0.05, 0.1) is 35.5 Å². The summed E-state index contributed by atoms with van der Waals surface area (Å²) < 4.78 is 30.6. The largest absolute Gasteiger partial charge is 0.497 e. The summed E-state index contributed by atoms with van der Waals surface area (Å²) in [5.74, 6) is 1.61. The SMILES string of the molecule is CN=C(NCc1ccn(-c2ccc(OC)cc2)n1)N1CCS(=O)(=O)C(C)(C)C1. The van der Waals surface area contributed by atoms with Crippen molar-refractivity contribution in [3.05, 3.63) is 42.2 Å². The maximum Gasteiger partial charge on any atom is 0.194 e. The minimum Gasteiger partial charge on any atom is -0.497 e. The van der Waals surface area contributed by atoms with E-state index in [1.165, 1.54) is 0 Å². The van der Waals surface area contributed by atoms with Crippen molar-refractivity contribution < 1.29 is 13.2 Å². The topological polar surface area (TPSA) is 88.8 Å². The molecule has 1 aliphatic heterocycles. The van der Waals surface area contributed by atoms with Gasteiger partial charge in [-0.05, 0) is 44.2 Å². The summed E-state index contributed by atoms with van der Waals surface area (Å²) in [6.45, 7) is 4.87. The molecule has 152 valence electrons. The molecular weight excluding hydrogens is 378 g/mol. The standard InChI is InChI=1S/C19H27N5O3S/c1-19(2)14-23(11-12-28(19,25)26)18(20-3)21-13-15-9-10-24(22-15)16-5-7-17(27-4)8-6-16/h5-10H,11-14H2,1-4H3,(H,20,21). The number of aromatic nitrogens is 2. The molecule has 28 heavy (non-hydrogen) atoms. The van der Waals surface area contributed by atoms with Crippen molar-refractivity contribution in [3.8, 4) is 11.4 Å². The molecule has 0 radical (unpaired) electrons. The first kappa shape index (κ1) is 20.2. The van der Waals surface area contributed by atoms with Gasteiger partial charge in [0.1, 0.15) is 5.75 Å². The number of aliphatic imine (C=N–C) groups is 1. The van der Waals surface area contributed by atoms with Crippen molar-refractivity contribution in [2.24, 2.45) is 4.99 Å². The molecule has 2 aromatic rings. The van der Waals surface area contributed by atoms with Crippen LogP contribution in [0.15, 0.2) is 41.5 Å². The molecule has 0 spiro atoms. The highest BCUT2D eigenvalue weighted by atomic mass is 32.2. The van der Waals surface area contributed by atoms with Crippen LogP contribution in [0.25, 0.3) is 5.69 Å². The van der Waals surface area contributed by atoms with E-state index in [4.69, 9.17) is 4.74 Å². The molecule has 0 unspecified atom stereocenters. The molecule has 1 aromatic heterocycles. The molecule has 8 nitrogen and oxygen atoms in total. The Hall–Kier alpha value is -2.55. The minimum atomic E-state index is -3.08. The molecule has 0 saturated carbocycles. The number of nitrogens with one attached hydrogen (secondary N) is 1. The van der Waals surface area contributed by atoms with Gasteiger partial charge in [-0.1, -0.05) is 0 Å². The lowest BCUT2D eigenvalue weighted by Gasteiger charge is -2.39. The van der Waals surface area contributed by atoms with E-state index in [0.29, 0.717) is 25.6 Å². The highest BCUT2D eigenvalue weighted by Crippen LogP contribution is 2.23. The van der Waals surface area contributed by atoms with Crippen molar-refractivity contribution in [1.82, 2.24) is 20.0 Å². The summed E-state index contributed by atoms with van der Waals surface area (Å²) >= 11 is 0. The van der Waals surface area contributed by atoms with Crippen LogP contribution in [-0.2, 0) is 16.4 Å². The fourth-order valence-corrected chi connectivity index (χ4v) is 4.53. The molecule has 3 rings (SSSR count). The van der Waals surface area contributed by atoms with Gasteiger partial charge in [-0.15, -0.1) is 0 Å². The number of nitrogens with zero attached hydrogens (tertiary/aromatic N) is 4. The van der Waals surface area contributed by atoms with Gasteiger partial charge in [0.2, 0.25) is 0 Å². The Morgan fingerprint density at radius 1 is 1.29 bits per heavy atom. The van der Waals surface area contributed by atoms with Gasteiger partial charge >= 0.3 is 0 Å². The fraction of sp³-hybridized carbons (Fsp3) is 0.474. The number of sulfone groups is 1. The Kier molecular flexibility index (Phi) is 5.64. The summed E-state index contributed by atoms with van der Waals surface area (Å²) in [5.41, 5.74) is 1.81. The number of ether oxygens (including phenoxy) is 1. The number of hydrogen-bond donors (Lipinski definition) is 1.